The Bertz CT molecular complexity index is 609. The summed E-state index contributed by atoms with van der Waals surface area (Å²) in [5.74, 6) is -0.0261. The molecule has 2 heterocycles. The SMILES string of the molecule is CN1C(=O)/C(=C\c2ccccc2N2CCOCC2)SC1=S. The van der Waals surface area contributed by atoms with Crippen molar-refractivity contribution in [1.82, 2.24) is 4.90 Å². The minimum absolute atomic E-state index is 0.0261. The molecule has 1 aromatic carbocycles. The number of hydrogen-bond acceptors (Lipinski definition) is 5. The van der Waals surface area contributed by atoms with E-state index < -0.39 is 0 Å². The summed E-state index contributed by atoms with van der Waals surface area (Å²) >= 11 is 6.53. The summed E-state index contributed by atoms with van der Waals surface area (Å²) in [5.41, 5.74) is 2.19. The van der Waals surface area contributed by atoms with E-state index in [1.165, 1.54) is 16.7 Å². The first-order valence-electron chi connectivity index (χ1n) is 6.80. The summed E-state index contributed by atoms with van der Waals surface area (Å²) in [7, 11) is 1.71. The van der Waals surface area contributed by atoms with Gasteiger partial charge in [-0.2, -0.15) is 0 Å². The number of carbonyl (C=O) groups is 1. The molecule has 2 aliphatic heterocycles. The molecule has 110 valence electrons. The van der Waals surface area contributed by atoms with Gasteiger partial charge in [-0.15, -0.1) is 0 Å². The zero-order valence-electron chi connectivity index (χ0n) is 11.7. The number of hydrogen-bond donors (Lipinski definition) is 0. The standard InChI is InChI=1S/C15H16N2O2S2/c1-16-14(18)13(21-15(16)20)10-11-4-2-3-5-12(11)17-6-8-19-9-7-17/h2-5,10H,6-9H2,1H3/b13-10+. The quantitative estimate of drug-likeness (QED) is 0.617. The molecule has 0 unspecified atom stereocenters. The predicted molar refractivity (Wildman–Crippen MR) is 90.4 cm³/mol. The Labute approximate surface area is 133 Å². The van der Waals surface area contributed by atoms with Crippen LogP contribution >= 0.6 is 24.0 Å². The van der Waals surface area contributed by atoms with Gasteiger partial charge in [-0.1, -0.05) is 42.2 Å². The third kappa shape index (κ3) is 2.97. The highest BCUT2D eigenvalue weighted by Gasteiger charge is 2.29. The Hall–Kier alpha value is -1.37. The Morgan fingerprint density at radius 1 is 1.29 bits per heavy atom. The summed E-state index contributed by atoms with van der Waals surface area (Å²) in [6.45, 7) is 3.23. The van der Waals surface area contributed by atoms with E-state index >= 15 is 0 Å². The smallest absolute Gasteiger partial charge is 0.265 e. The van der Waals surface area contributed by atoms with E-state index in [-0.39, 0.29) is 5.91 Å². The van der Waals surface area contributed by atoms with Gasteiger partial charge in [-0.25, -0.2) is 0 Å². The highest BCUT2D eigenvalue weighted by atomic mass is 32.2. The van der Waals surface area contributed by atoms with Crippen molar-refractivity contribution in [2.75, 3.05) is 38.3 Å². The zero-order chi connectivity index (χ0) is 14.8. The molecule has 0 aliphatic carbocycles. The second kappa shape index (κ2) is 6.17. The van der Waals surface area contributed by atoms with E-state index in [2.05, 4.69) is 11.0 Å². The fourth-order valence-corrected chi connectivity index (χ4v) is 3.56. The van der Waals surface area contributed by atoms with Crippen molar-refractivity contribution in [2.45, 2.75) is 0 Å². The summed E-state index contributed by atoms with van der Waals surface area (Å²) in [4.78, 5) is 16.6. The molecule has 21 heavy (non-hydrogen) atoms. The second-order valence-electron chi connectivity index (χ2n) is 4.90. The normalized spacial score (nSPS) is 21.5. The minimum atomic E-state index is -0.0261. The number of para-hydroxylation sites is 1. The lowest BCUT2D eigenvalue weighted by molar-refractivity contribution is -0.121. The van der Waals surface area contributed by atoms with Gasteiger partial charge in [0.1, 0.15) is 4.32 Å². The highest BCUT2D eigenvalue weighted by Crippen LogP contribution is 2.33. The van der Waals surface area contributed by atoms with Crippen molar-refractivity contribution in [3.05, 3.63) is 34.7 Å². The van der Waals surface area contributed by atoms with Crippen LogP contribution in [0.1, 0.15) is 5.56 Å². The number of amides is 1. The molecule has 0 bridgehead atoms. The molecule has 0 aromatic heterocycles. The summed E-state index contributed by atoms with van der Waals surface area (Å²) in [6, 6.07) is 8.13. The number of anilines is 1. The maximum atomic E-state index is 12.1. The summed E-state index contributed by atoms with van der Waals surface area (Å²) < 4.78 is 6.01. The maximum Gasteiger partial charge on any atom is 0.265 e. The fraction of sp³-hybridized carbons (Fsp3) is 0.333. The van der Waals surface area contributed by atoms with Crippen molar-refractivity contribution in [3.63, 3.8) is 0 Å². The number of morpholine rings is 1. The lowest BCUT2D eigenvalue weighted by Gasteiger charge is -2.30. The third-order valence-corrected chi connectivity index (χ3v) is 5.05. The molecule has 1 aromatic rings. The predicted octanol–water partition coefficient (Wildman–Crippen LogP) is 2.35. The van der Waals surface area contributed by atoms with E-state index in [0.29, 0.717) is 9.23 Å². The van der Waals surface area contributed by atoms with Crippen molar-refractivity contribution in [2.24, 2.45) is 0 Å². The molecule has 4 nitrogen and oxygen atoms in total. The van der Waals surface area contributed by atoms with Crippen LogP contribution in [0.4, 0.5) is 5.69 Å². The van der Waals surface area contributed by atoms with Crippen LogP contribution in [0.3, 0.4) is 0 Å². The van der Waals surface area contributed by atoms with Crippen molar-refractivity contribution >= 4 is 46.0 Å². The molecule has 0 saturated carbocycles. The third-order valence-electron chi connectivity index (χ3n) is 3.56. The highest BCUT2D eigenvalue weighted by molar-refractivity contribution is 8.26. The van der Waals surface area contributed by atoms with Crippen LogP contribution in [-0.2, 0) is 9.53 Å². The van der Waals surface area contributed by atoms with Crippen molar-refractivity contribution in [3.8, 4) is 0 Å². The van der Waals surface area contributed by atoms with Gasteiger partial charge in [0.25, 0.3) is 5.91 Å². The van der Waals surface area contributed by atoms with Gasteiger partial charge in [0.15, 0.2) is 0 Å². The summed E-state index contributed by atoms with van der Waals surface area (Å²) in [5, 5.41) is 0. The molecule has 6 heteroatoms. The topological polar surface area (TPSA) is 32.8 Å². The monoisotopic (exact) mass is 320 g/mol. The first kappa shape index (κ1) is 14.6. The first-order chi connectivity index (χ1) is 10.2. The number of benzene rings is 1. The molecule has 0 N–H and O–H groups in total. The molecule has 2 fully saturated rings. The van der Waals surface area contributed by atoms with Gasteiger partial charge >= 0.3 is 0 Å². The molecule has 2 aliphatic rings. The molecule has 1 amide bonds. The van der Waals surface area contributed by atoms with Crippen molar-refractivity contribution < 1.29 is 9.53 Å². The van der Waals surface area contributed by atoms with E-state index in [1.54, 1.807) is 7.05 Å². The number of thioether (sulfide) groups is 1. The van der Waals surface area contributed by atoms with Crippen LogP contribution in [-0.4, -0.2) is 48.5 Å². The fourth-order valence-electron chi connectivity index (χ4n) is 2.39. The van der Waals surface area contributed by atoms with E-state index in [1.807, 2.05) is 24.3 Å². The molecular weight excluding hydrogens is 304 g/mol. The molecule has 0 spiro atoms. The molecule has 2 saturated heterocycles. The van der Waals surface area contributed by atoms with E-state index in [9.17, 15) is 4.79 Å². The lowest BCUT2D eigenvalue weighted by atomic mass is 10.1. The van der Waals surface area contributed by atoms with E-state index in [4.69, 9.17) is 17.0 Å². The van der Waals surface area contributed by atoms with Gasteiger partial charge < -0.3 is 9.64 Å². The maximum absolute atomic E-state index is 12.1. The Balaban J connectivity index is 1.92. The number of likely N-dealkylation sites (N-methyl/N-ethyl adjacent to an activating group) is 1. The number of nitrogens with zero attached hydrogens (tertiary/aromatic N) is 2. The minimum Gasteiger partial charge on any atom is -0.378 e. The average Bonchev–Trinajstić information content (AvgIpc) is 2.76. The largest absolute Gasteiger partial charge is 0.378 e. The average molecular weight is 320 g/mol. The lowest BCUT2D eigenvalue weighted by Crippen LogP contribution is -2.36. The number of thiocarbonyl (C=S) groups is 1. The number of carbonyl (C=O) groups excluding carboxylic acids is 1. The van der Waals surface area contributed by atoms with E-state index in [0.717, 1.165) is 37.6 Å². The Kier molecular flexibility index (Phi) is 4.28. The van der Waals surface area contributed by atoms with Gasteiger partial charge in [-0.05, 0) is 17.7 Å². The van der Waals surface area contributed by atoms with Gasteiger partial charge in [0, 0.05) is 25.8 Å². The molecular formula is C15H16N2O2S2. The van der Waals surface area contributed by atoms with Gasteiger partial charge in [-0.3, -0.25) is 9.69 Å². The van der Waals surface area contributed by atoms with Crippen LogP contribution in [0.15, 0.2) is 29.2 Å². The molecule has 0 atom stereocenters. The van der Waals surface area contributed by atoms with Crippen LogP contribution < -0.4 is 4.90 Å². The van der Waals surface area contributed by atoms with Crippen LogP contribution in [0.2, 0.25) is 0 Å². The van der Waals surface area contributed by atoms with Gasteiger partial charge in [0.05, 0.1) is 18.1 Å². The second-order valence-corrected chi connectivity index (χ2v) is 6.57. The Morgan fingerprint density at radius 3 is 2.67 bits per heavy atom. The molecule has 3 rings (SSSR count). The van der Waals surface area contributed by atoms with Crippen LogP contribution in [0, 0.1) is 0 Å². The number of ether oxygens (including phenoxy) is 1. The zero-order valence-corrected chi connectivity index (χ0v) is 13.4. The van der Waals surface area contributed by atoms with Crippen molar-refractivity contribution in [1.29, 1.82) is 0 Å². The summed E-state index contributed by atoms with van der Waals surface area (Å²) in [6.07, 6.45) is 1.94. The van der Waals surface area contributed by atoms with Gasteiger partial charge in [0.2, 0.25) is 0 Å². The Morgan fingerprint density at radius 2 is 2.00 bits per heavy atom. The molecule has 0 radical (unpaired) electrons. The van der Waals surface area contributed by atoms with Crippen LogP contribution in [0.25, 0.3) is 6.08 Å². The first-order valence-corrected chi connectivity index (χ1v) is 8.02. The number of rotatable bonds is 2. The van der Waals surface area contributed by atoms with Crippen LogP contribution in [0.5, 0.6) is 0 Å².